The van der Waals surface area contributed by atoms with Gasteiger partial charge in [0.25, 0.3) is 5.91 Å². The number of benzene rings is 2. The number of aryl methyl sites for hydroxylation is 4. The molecule has 0 fully saturated rings. The van der Waals surface area contributed by atoms with E-state index in [4.69, 9.17) is 18.7 Å². The molecule has 8 heteroatoms. The van der Waals surface area contributed by atoms with Crippen LogP contribution < -0.4 is 14.8 Å². The summed E-state index contributed by atoms with van der Waals surface area (Å²) in [6, 6.07) is 10.2. The quantitative estimate of drug-likeness (QED) is 0.524. The Hall–Kier alpha value is -3.81. The van der Waals surface area contributed by atoms with Crippen LogP contribution in [0.15, 0.2) is 40.9 Å². The molecule has 1 N–H and O–H groups in total. The predicted molar refractivity (Wildman–Crippen MR) is 118 cm³/mol. The zero-order chi connectivity index (χ0) is 23.3. The monoisotopic (exact) mass is 438 g/mol. The fourth-order valence-electron chi connectivity index (χ4n) is 3.00. The second-order valence-electron chi connectivity index (χ2n) is 7.38. The lowest BCUT2D eigenvalue weighted by atomic mass is 10.1. The molecule has 168 valence electrons. The van der Waals surface area contributed by atoms with Gasteiger partial charge in [-0.05, 0) is 69.2 Å². The third-order valence-corrected chi connectivity index (χ3v) is 5.08. The molecule has 0 aliphatic heterocycles. The van der Waals surface area contributed by atoms with Crippen LogP contribution in [0.25, 0.3) is 0 Å². The number of hydrogen-bond donors (Lipinski definition) is 1. The van der Waals surface area contributed by atoms with Crippen molar-refractivity contribution in [3.63, 3.8) is 0 Å². The molecular weight excluding hydrogens is 412 g/mol. The average molecular weight is 438 g/mol. The molecule has 3 rings (SSSR count). The van der Waals surface area contributed by atoms with Crippen molar-refractivity contribution in [1.29, 1.82) is 0 Å². The Morgan fingerprint density at radius 3 is 2.44 bits per heavy atom. The minimum atomic E-state index is -0.643. The topological polar surface area (TPSA) is 99.9 Å². The fourth-order valence-corrected chi connectivity index (χ4v) is 3.00. The first kappa shape index (κ1) is 22.9. The minimum Gasteiger partial charge on any atom is -0.493 e. The molecule has 3 aromatic rings. The summed E-state index contributed by atoms with van der Waals surface area (Å²) in [6.07, 6.45) is 0. The van der Waals surface area contributed by atoms with Crippen LogP contribution in [0, 0.1) is 27.7 Å². The summed E-state index contributed by atoms with van der Waals surface area (Å²) in [7, 11) is 1.48. The van der Waals surface area contributed by atoms with E-state index in [-0.39, 0.29) is 12.2 Å². The lowest BCUT2D eigenvalue weighted by Crippen LogP contribution is -2.21. The molecule has 2 aromatic carbocycles. The first-order chi connectivity index (χ1) is 15.3. The number of methoxy groups -OCH3 is 1. The third kappa shape index (κ3) is 5.46. The lowest BCUT2D eigenvalue weighted by Gasteiger charge is -2.12. The van der Waals surface area contributed by atoms with Gasteiger partial charge in [0, 0.05) is 5.69 Å². The van der Waals surface area contributed by atoms with E-state index in [2.05, 4.69) is 10.5 Å². The van der Waals surface area contributed by atoms with Crippen molar-refractivity contribution in [3.8, 4) is 11.5 Å². The molecule has 0 unspecified atom stereocenters. The van der Waals surface area contributed by atoms with Gasteiger partial charge < -0.3 is 24.1 Å². The van der Waals surface area contributed by atoms with Crippen LogP contribution in [-0.4, -0.2) is 30.7 Å². The van der Waals surface area contributed by atoms with E-state index in [0.717, 1.165) is 22.4 Å². The third-order valence-electron chi connectivity index (χ3n) is 5.08. The maximum atomic E-state index is 12.4. The molecule has 0 radical (unpaired) electrons. The second kappa shape index (κ2) is 10.00. The summed E-state index contributed by atoms with van der Waals surface area (Å²) >= 11 is 0. The standard InChI is InChI=1S/C24H26N2O6/c1-14-6-8-19(10-15(14)2)25-23(27)13-31-24(28)18-7-9-21(22(11-18)29-5)30-12-20-16(3)26-32-17(20)4/h6-11H,12-13H2,1-5H3,(H,25,27). The van der Waals surface area contributed by atoms with E-state index >= 15 is 0 Å². The number of carbonyl (C=O) groups is 2. The first-order valence-electron chi connectivity index (χ1n) is 10.0. The van der Waals surface area contributed by atoms with Crippen molar-refractivity contribution in [2.75, 3.05) is 19.0 Å². The van der Waals surface area contributed by atoms with Gasteiger partial charge in [0.1, 0.15) is 12.4 Å². The van der Waals surface area contributed by atoms with Crippen LogP contribution in [0.3, 0.4) is 0 Å². The molecule has 1 aromatic heterocycles. The lowest BCUT2D eigenvalue weighted by molar-refractivity contribution is -0.119. The number of carbonyl (C=O) groups excluding carboxylic acids is 2. The second-order valence-corrected chi connectivity index (χ2v) is 7.38. The van der Waals surface area contributed by atoms with E-state index in [1.807, 2.05) is 39.8 Å². The van der Waals surface area contributed by atoms with Crippen LogP contribution >= 0.6 is 0 Å². The van der Waals surface area contributed by atoms with Crippen molar-refractivity contribution in [3.05, 3.63) is 70.1 Å². The zero-order valence-corrected chi connectivity index (χ0v) is 18.8. The number of aromatic nitrogens is 1. The normalized spacial score (nSPS) is 10.5. The van der Waals surface area contributed by atoms with Gasteiger partial charge >= 0.3 is 5.97 Å². The van der Waals surface area contributed by atoms with Crippen LogP contribution in [0.1, 0.15) is 38.5 Å². The fraction of sp³-hybridized carbons (Fsp3) is 0.292. The number of nitrogens with zero attached hydrogens (tertiary/aromatic N) is 1. The predicted octanol–water partition coefficient (Wildman–Crippen LogP) is 4.29. The van der Waals surface area contributed by atoms with Crippen molar-refractivity contribution < 1.29 is 28.3 Å². The SMILES string of the molecule is COc1cc(C(=O)OCC(=O)Nc2ccc(C)c(C)c2)ccc1OCc1c(C)noc1C. The van der Waals surface area contributed by atoms with Crippen molar-refractivity contribution in [2.24, 2.45) is 0 Å². The minimum absolute atomic E-state index is 0.241. The highest BCUT2D eigenvalue weighted by atomic mass is 16.5. The maximum absolute atomic E-state index is 12.4. The molecule has 0 aliphatic carbocycles. The molecule has 8 nitrogen and oxygen atoms in total. The number of nitrogens with one attached hydrogen (secondary N) is 1. The van der Waals surface area contributed by atoms with Crippen LogP contribution in [-0.2, 0) is 16.1 Å². The molecule has 0 bridgehead atoms. The molecule has 0 aliphatic rings. The van der Waals surface area contributed by atoms with Crippen LogP contribution in [0.5, 0.6) is 11.5 Å². The molecule has 1 amide bonds. The van der Waals surface area contributed by atoms with Crippen molar-refractivity contribution in [2.45, 2.75) is 34.3 Å². The maximum Gasteiger partial charge on any atom is 0.338 e. The van der Waals surface area contributed by atoms with Crippen LogP contribution in [0.2, 0.25) is 0 Å². The van der Waals surface area contributed by atoms with Gasteiger partial charge in [0.2, 0.25) is 0 Å². The summed E-state index contributed by atoms with van der Waals surface area (Å²) < 4.78 is 21.4. The molecule has 32 heavy (non-hydrogen) atoms. The van der Waals surface area contributed by atoms with E-state index in [0.29, 0.717) is 22.9 Å². The molecule has 0 saturated heterocycles. The van der Waals surface area contributed by atoms with Gasteiger partial charge in [-0.2, -0.15) is 0 Å². The Morgan fingerprint density at radius 1 is 1.00 bits per heavy atom. The van der Waals surface area contributed by atoms with Gasteiger partial charge in [0.15, 0.2) is 18.1 Å². The summed E-state index contributed by atoms with van der Waals surface area (Å²) in [4.78, 5) is 24.5. The molecule has 0 saturated carbocycles. The Kier molecular flexibility index (Phi) is 7.14. The summed E-state index contributed by atoms with van der Waals surface area (Å²) in [5, 5.41) is 6.61. The zero-order valence-electron chi connectivity index (χ0n) is 18.8. The number of hydrogen-bond acceptors (Lipinski definition) is 7. The van der Waals surface area contributed by atoms with Gasteiger partial charge in [-0.3, -0.25) is 4.79 Å². The van der Waals surface area contributed by atoms with Crippen LogP contribution in [0.4, 0.5) is 5.69 Å². The Bertz CT molecular complexity index is 1120. The molecule has 0 atom stereocenters. The van der Waals surface area contributed by atoms with Gasteiger partial charge in [-0.1, -0.05) is 11.2 Å². The highest BCUT2D eigenvalue weighted by Crippen LogP contribution is 2.30. The smallest absolute Gasteiger partial charge is 0.338 e. The number of rotatable bonds is 8. The molecule has 1 heterocycles. The van der Waals surface area contributed by atoms with E-state index in [1.54, 1.807) is 18.2 Å². The summed E-state index contributed by atoms with van der Waals surface area (Å²) in [5.74, 6) is 0.437. The molecular formula is C24H26N2O6. The highest BCUT2D eigenvalue weighted by molar-refractivity contribution is 5.95. The highest BCUT2D eigenvalue weighted by Gasteiger charge is 2.16. The summed E-state index contributed by atoms with van der Waals surface area (Å²) in [5.41, 5.74) is 4.68. The van der Waals surface area contributed by atoms with Gasteiger partial charge in [0.05, 0.1) is 23.9 Å². The summed E-state index contributed by atoms with van der Waals surface area (Å²) in [6.45, 7) is 7.44. The number of amides is 1. The Labute approximate surface area is 186 Å². The number of esters is 1. The van der Waals surface area contributed by atoms with Crippen molar-refractivity contribution >= 4 is 17.6 Å². The molecule has 0 spiro atoms. The van der Waals surface area contributed by atoms with E-state index in [9.17, 15) is 9.59 Å². The Balaban J connectivity index is 1.59. The number of ether oxygens (including phenoxy) is 3. The average Bonchev–Trinajstić information content (AvgIpc) is 3.10. The number of anilines is 1. The largest absolute Gasteiger partial charge is 0.493 e. The first-order valence-corrected chi connectivity index (χ1v) is 10.0. The van der Waals surface area contributed by atoms with E-state index < -0.39 is 18.5 Å². The van der Waals surface area contributed by atoms with Crippen molar-refractivity contribution in [1.82, 2.24) is 5.16 Å². The van der Waals surface area contributed by atoms with Gasteiger partial charge in [-0.25, -0.2) is 4.79 Å². The Morgan fingerprint density at radius 2 is 1.78 bits per heavy atom. The van der Waals surface area contributed by atoms with E-state index in [1.165, 1.54) is 13.2 Å². The van der Waals surface area contributed by atoms with Gasteiger partial charge in [-0.15, -0.1) is 0 Å².